The van der Waals surface area contributed by atoms with E-state index in [1.165, 1.54) is 6.07 Å². The van der Waals surface area contributed by atoms with Crippen molar-refractivity contribution in [3.05, 3.63) is 35.4 Å². The summed E-state index contributed by atoms with van der Waals surface area (Å²) in [5, 5.41) is 19.6. The van der Waals surface area contributed by atoms with Crippen molar-refractivity contribution in [2.45, 2.75) is 11.8 Å². The molecule has 1 aliphatic heterocycles. The quantitative estimate of drug-likeness (QED) is 0.685. The SMILES string of the molecule is O=C(O)C(F)(F)F.OC1(c2c(F)cccc2F)CNC1. The zero-order valence-corrected chi connectivity index (χ0v) is 9.84. The van der Waals surface area contributed by atoms with Gasteiger partial charge in [-0.1, -0.05) is 6.07 Å². The van der Waals surface area contributed by atoms with Gasteiger partial charge in [-0.3, -0.25) is 0 Å². The van der Waals surface area contributed by atoms with Gasteiger partial charge >= 0.3 is 12.1 Å². The Kier molecular flexibility index (Phi) is 4.66. The van der Waals surface area contributed by atoms with Crippen molar-refractivity contribution in [2.75, 3.05) is 13.1 Å². The summed E-state index contributed by atoms with van der Waals surface area (Å²) in [6.07, 6.45) is -5.08. The lowest BCUT2D eigenvalue weighted by Crippen LogP contribution is -2.57. The zero-order valence-electron chi connectivity index (χ0n) is 9.84. The highest BCUT2D eigenvalue weighted by Crippen LogP contribution is 2.29. The smallest absolute Gasteiger partial charge is 0.475 e. The van der Waals surface area contributed by atoms with E-state index >= 15 is 0 Å². The second kappa shape index (κ2) is 5.71. The van der Waals surface area contributed by atoms with Crippen LogP contribution < -0.4 is 5.32 Å². The second-order valence-corrected chi connectivity index (χ2v) is 4.03. The van der Waals surface area contributed by atoms with Gasteiger partial charge in [0, 0.05) is 13.1 Å². The first kappa shape index (κ1) is 16.3. The minimum atomic E-state index is -5.08. The Morgan fingerprint density at radius 2 is 1.60 bits per heavy atom. The molecule has 9 heteroatoms. The van der Waals surface area contributed by atoms with Crippen molar-refractivity contribution in [3.8, 4) is 0 Å². The van der Waals surface area contributed by atoms with Gasteiger partial charge in [0.05, 0.1) is 5.56 Å². The molecule has 4 nitrogen and oxygen atoms in total. The van der Waals surface area contributed by atoms with Gasteiger partial charge in [0.2, 0.25) is 0 Å². The number of carboxylic acid groups (broad SMARTS) is 1. The van der Waals surface area contributed by atoms with Crippen LogP contribution in [-0.4, -0.2) is 35.4 Å². The Hall–Kier alpha value is -1.74. The molecule has 0 bridgehead atoms. The maximum atomic E-state index is 13.1. The Bertz CT molecular complexity index is 479. The van der Waals surface area contributed by atoms with Crippen LogP contribution in [0.2, 0.25) is 0 Å². The average Bonchev–Trinajstić information content (AvgIpc) is 2.26. The van der Waals surface area contributed by atoms with E-state index in [4.69, 9.17) is 9.90 Å². The molecule has 0 saturated carbocycles. The van der Waals surface area contributed by atoms with Crippen molar-refractivity contribution in [3.63, 3.8) is 0 Å². The topological polar surface area (TPSA) is 69.6 Å². The van der Waals surface area contributed by atoms with Crippen LogP contribution in [0.5, 0.6) is 0 Å². The van der Waals surface area contributed by atoms with Gasteiger partial charge in [-0.2, -0.15) is 13.2 Å². The number of rotatable bonds is 1. The molecule has 2 rings (SSSR count). The summed E-state index contributed by atoms with van der Waals surface area (Å²) in [6, 6.07) is 3.58. The summed E-state index contributed by atoms with van der Waals surface area (Å²) in [5.74, 6) is -4.14. The first-order valence-electron chi connectivity index (χ1n) is 5.25. The number of halogens is 5. The lowest BCUT2D eigenvalue weighted by molar-refractivity contribution is -0.192. The highest BCUT2D eigenvalue weighted by Gasteiger charge is 2.40. The number of hydrogen-bond acceptors (Lipinski definition) is 3. The third-order valence-corrected chi connectivity index (χ3v) is 2.51. The number of carbonyl (C=O) groups is 1. The monoisotopic (exact) mass is 299 g/mol. The fraction of sp³-hybridized carbons (Fsp3) is 0.364. The van der Waals surface area contributed by atoms with Crippen LogP contribution in [-0.2, 0) is 10.4 Å². The molecule has 0 aliphatic carbocycles. The summed E-state index contributed by atoms with van der Waals surface area (Å²) >= 11 is 0. The molecule has 0 aromatic heterocycles. The fourth-order valence-corrected chi connectivity index (χ4v) is 1.48. The molecule has 0 radical (unpaired) electrons. The Morgan fingerprint density at radius 3 is 1.85 bits per heavy atom. The number of alkyl halides is 3. The lowest BCUT2D eigenvalue weighted by Gasteiger charge is -2.38. The second-order valence-electron chi connectivity index (χ2n) is 4.03. The molecule has 20 heavy (non-hydrogen) atoms. The molecule has 1 fully saturated rings. The number of β-amino-alcohol motifs (C(OH)–C–C–N with tert-alkyl or cyclic N) is 1. The molecule has 112 valence electrons. The molecule has 1 aromatic carbocycles. The Morgan fingerprint density at radius 1 is 1.20 bits per heavy atom. The highest BCUT2D eigenvalue weighted by molar-refractivity contribution is 5.73. The first-order chi connectivity index (χ1) is 9.08. The minimum Gasteiger partial charge on any atom is -0.475 e. The number of nitrogens with one attached hydrogen (secondary N) is 1. The van der Waals surface area contributed by atoms with Gasteiger partial charge in [-0.25, -0.2) is 13.6 Å². The van der Waals surface area contributed by atoms with Crippen LogP contribution in [0.4, 0.5) is 22.0 Å². The average molecular weight is 299 g/mol. The molecular weight excluding hydrogens is 289 g/mol. The summed E-state index contributed by atoms with van der Waals surface area (Å²) in [4.78, 5) is 8.90. The van der Waals surface area contributed by atoms with Crippen LogP contribution >= 0.6 is 0 Å². The van der Waals surface area contributed by atoms with Crippen LogP contribution in [0.15, 0.2) is 18.2 Å². The normalized spacial score (nSPS) is 16.7. The van der Waals surface area contributed by atoms with Gasteiger partial charge in [-0.05, 0) is 12.1 Å². The van der Waals surface area contributed by atoms with Crippen LogP contribution in [0.3, 0.4) is 0 Å². The molecule has 3 N–H and O–H groups in total. The Labute approximate surface area is 109 Å². The number of hydrogen-bond donors (Lipinski definition) is 3. The van der Waals surface area contributed by atoms with Crippen LogP contribution in [0.1, 0.15) is 5.56 Å². The van der Waals surface area contributed by atoms with E-state index in [9.17, 15) is 27.1 Å². The lowest BCUT2D eigenvalue weighted by atomic mass is 9.87. The van der Waals surface area contributed by atoms with Crippen LogP contribution in [0.25, 0.3) is 0 Å². The van der Waals surface area contributed by atoms with Crippen molar-refractivity contribution < 1.29 is 37.0 Å². The molecule has 0 atom stereocenters. The summed E-state index contributed by atoms with van der Waals surface area (Å²) in [5.41, 5.74) is -1.59. The van der Waals surface area contributed by atoms with E-state index in [1.54, 1.807) is 0 Å². The number of benzene rings is 1. The van der Waals surface area contributed by atoms with E-state index in [2.05, 4.69) is 5.32 Å². The van der Waals surface area contributed by atoms with E-state index < -0.39 is 29.4 Å². The predicted octanol–water partition coefficient (Wildman–Crippen LogP) is 1.39. The largest absolute Gasteiger partial charge is 0.490 e. The van der Waals surface area contributed by atoms with Gasteiger partial charge in [-0.15, -0.1) is 0 Å². The molecular formula is C11H10F5NO3. The fourth-order valence-electron chi connectivity index (χ4n) is 1.48. The minimum absolute atomic E-state index is 0.199. The maximum Gasteiger partial charge on any atom is 0.490 e. The van der Waals surface area contributed by atoms with Gasteiger partial charge in [0.15, 0.2) is 0 Å². The molecule has 0 spiro atoms. The van der Waals surface area contributed by atoms with E-state index in [1.807, 2.05) is 0 Å². The predicted molar refractivity (Wildman–Crippen MR) is 56.8 cm³/mol. The van der Waals surface area contributed by atoms with Crippen molar-refractivity contribution in [1.82, 2.24) is 5.32 Å². The van der Waals surface area contributed by atoms with E-state index in [0.29, 0.717) is 0 Å². The summed E-state index contributed by atoms with van der Waals surface area (Å²) in [7, 11) is 0. The number of carboxylic acids is 1. The number of aliphatic hydroxyl groups is 1. The van der Waals surface area contributed by atoms with Crippen LogP contribution in [0, 0.1) is 11.6 Å². The summed E-state index contributed by atoms with van der Waals surface area (Å²) in [6.45, 7) is 0.399. The van der Waals surface area contributed by atoms with Crippen molar-refractivity contribution in [1.29, 1.82) is 0 Å². The van der Waals surface area contributed by atoms with E-state index in [0.717, 1.165) is 12.1 Å². The molecule has 1 aromatic rings. The first-order valence-corrected chi connectivity index (χ1v) is 5.25. The van der Waals surface area contributed by atoms with Gasteiger partial charge in [0.1, 0.15) is 17.2 Å². The molecule has 0 amide bonds. The molecule has 1 saturated heterocycles. The number of aliphatic carboxylic acids is 1. The highest BCUT2D eigenvalue weighted by atomic mass is 19.4. The molecule has 1 aliphatic rings. The molecule has 0 unspecified atom stereocenters. The third-order valence-electron chi connectivity index (χ3n) is 2.51. The maximum absolute atomic E-state index is 13.1. The van der Waals surface area contributed by atoms with Gasteiger partial charge < -0.3 is 15.5 Å². The van der Waals surface area contributed by atoms with Crippen molar-refractivity contribution in [2.24, 2.45) is 0 Å². The zero-order chi connectivity index (χ0) is 15.6. The third kappa shape index (κ3) is 3.64. The Balaban J connectivity index is 0.000000246. The van der Waals surface area contributed by atoms with Gasteiger partial charge in [0.25, 0.3) is 0 Å². The van der Waals surface area contributed by atoms with Crippen molar-refractivity contribution >= 4 is 5.97 Å². The van der Waals surface area contributed by atoms with E-state index in [-0.39, 0.29) is 18.7 Å². The molecule has 1 heterocycles. The summed E-state index contributed by atoms with van der Waals surface area (Å²) < 4.78 is 58.0. The standard InChI is InChI=1S/C9H9F2NO.C2HF3O2/c10-6-2-1-3-7(11)8(6)9(13)4-12-5-9;3-2(4,5)1(6)7/h1-3,12-13H,4-5H2;(H,6,7).